The van der Waals surface area contributed by atoms with Crippen LogP contribution in [0.15, 0.2) is 0 Å². The zero-order chi connectivity index (χ0) is 35.8. The fraction of sp³-hybridized carbons (Fsp3) is 0.882. The third-order valence-electron chi connectivity index (χ3n) is 5.82. The van der Waals surface area contributed by atoms with Gasteiger partial charge in [-0.1, -0.05) is 66.2 Å². The summed E-state index contributed by atoms with van der Waals surface area (Å²) in [5.41, 5.74) is 0. The Kier molecular flexibility index (Phi) is 52.0. The van der Waals surface area contributed by atoms with Crippen LogP contribution in [0.25, 0.3) is 0 Å². The van der Waals surface area contributed by atoms with Crippen molar-refractivity contribution in [1.29, 1.82) is 0 Å². The molecule has 0 unspecified atom stereocenters. The van der Waals surface area contributed by atoms with Crippen LogP contribution >= 0.6 is 25.3 Å². The maximum absolute atomic E-state index is 10.7. The van der Waals surface area contributed by atoms with Crippen molar-refractivity contribution in [2.45, 2.75) is 140 Å². The predicted molar refractivity (Wildman–Crippen MR) is 198 cm³/mol. The van der Waals surface area contributed by atoms with Gasteiger partial charge in [0, 0.05) is 0 Å². The summed E-state index contributed by atoms with van der Waals surface area (Å²) in [6.45, 7) is 15.4. The minimum absolute atomic E-state index is 0.0368. The molecule has 8 nitrogen and oxygen atoms in total. The molecule has 46 heavy (non-hydrogen) atoms. The predicted octanol–water partition coefficient (Wildman–Crippen LogP) is 7.96. The first kappa shape index (κ1) is 53.0. The Labute approximate surface area is 320 Å². The van der Waals surface area contributed by atoms with Crippen LogP contribution in [0.4, 0.5) is 0 Å². The second-order valence-electron chi connectivity index (χ2n) is 11.4. The molecule has 0 saturated heterocycles. The number of carbonyl (C=O) groups excluding carboxylic acids is 4. The molecule has 0 atom stereocenters. The molecule has 0 rings (SSSR count). The van der Waals surface area contributed by atoms with E-state index < -0.39 is 0 Å². The Morgan fingerprint density at radius 2 is 0.804 bits per heavy atom. The van der Waals surface area contributed by atoms with Gasteiger partial charge < -0.3 is 9.47 Å². The van der Waals surface area contributed by atoms with Crippen molar-refractivity contribution in [2.75, 3.05) is 37.9 Å². The molecular weight excluding hydrogens is 838 g/mol. The summed E-state index contributed by atoms with van der Waals surface area (Å²) in [4.78, 5) is 42.7. The number of hydrogen-bond donors (Lipinski definition) is 2. The summed E-state index contributed by atoms with van der Waals surface area (Å²) in [7, 11) is 0. The number of ether oxygens (including phenoxy) is 4. The van der Waals surface area contributed by atoms with Crippen LogP contribution in [-0.4, -0.2) is 107 Å². The summed E-state index contributed by atoms with van der Waals surface area (Å²) in [5.74, 6) is 1.42. The van der Waals surface area contributed by atoms with E-state index in [0.717, 1.165) is 72.1 Å². The molecule has 0 aromatic heterocycles. The molecular formula is C34H66O8S2Sn2. The Hall–Kier alpha value is 0.177. The van der Waals surface area contributed by atoms with Crippen LogP contribution < -0.4 is 0 Å². The van der Waals surface area contributed by atoms with Crippen LogP contribution in [0.5, 0.6) is 0 Å². The summed E-state index contributed by atoms with van der Waals surface area (Å²) < 4.78 is 21.5. The van der Waals surface area contributed by atoms with E-state index in [-0.39, 0.29) is 35.4 Å². The van der Waals surface area contributed by atoms with Crippen molar-refractivity contribution in [3.8, 4) is 0 Å². The molecule has 0 aromatic rings. The summed E-state index contributed by atoms with van der Waals surface area (Å²) in [6, 6.07) is 0. The molecule has 0 spiro atoms. The molecule has 0 aromatic carbocycles. The van der Waals surface area contributed by atoms with Crippen molar-refractivity contribution < 1.29 is 38.1 Å². The van der Waals surface area contributed by atoms with Crippen molar-refractivity contribution in [2.24, 2.45) is 11.8 Å². The molecule has 0 saturated carbocycles. The molecule has 0 aliphatic heterocycles. The first-order chi connectivity index (χ1) is 21.9. The molecule has 6 radical (unpaired) electrons. The first-order valence-electron chi connectivity index (χ1n) is 17.1. The van der Waals surface area contributed by atoms with Gasteiger partial charge in [0.25, 0.3) is 0 Å². The van der Waals surface area contributed by atoms with Gasteiger partial charge in [-0.05, 0) is 24.7 Å². The standard InChI is InChI=1S/2C10H20O2S.2C7H13O2.2Sn/c2*1-9(2)6-4-3-5-7-12-10(11)8-13;2*1-3-5-6-9-7(8)4-2;;/h2*9,13H,3-8H2,1-2H3;2*2-6H2,1H3;;. The fourth-order valence-electron chi connectivity index (χ4n) is 3.14. The average Bonchev–Trinajstić information content (AvgIpc) is 3.01. The fourth-order valence-corrected chi connectivity index (χ4v) is 4.48. The number of hydrogen-bond acceptors (Lipinski definition) is 10. The zero-order valence-electron chi connectivity index (χ0n) is 29.9. The van der Waals surface area contributed by atoms with Gasteiger partial charge in [0.1, 0.15) is 0 Å². The molecule has 0 amide bonds. The van der Waals surface area contributed by atoms with Crippen molar-refractivity contribution in [3.63, 3.8) is 0 Å². The van der Waals surface area contributed by atoms with Crippen LogP contribution in [0.1, 0.15) is 131 Å². The first-order valence-corrected chi connectivity index (χ1v) is 22.4. The molecule has 0 bridgehead atoms. The number of thiol groups is 2. The van der Waals surface area contributed by atoms with E-state index in [2.05, 4.69) is 66.8 Å². The molecule has 0 heterocycles. The van der Waals surface area contributed by atoms with E-state index >= 15 is 0 Å². The average molecular weight is 904 g/mol. The van der Waals surface area contributed by atoms with E-state index in [1.807, 2.05) is 0 Å². The Balaban J connectivity index is -0.000000258. The van der Waals surface area contributed by atoms with E-state index in [9.17, 15) is 19.2 Å². The summed E-state index contributed by atoms with van der Waals surface area (Å²) in [5, 5.41) is 0. The molecule has 12 heteroatoms. The van der Waals surface area contributed by atoms with Crippen molar-refractivity contribution in [1.82, 2.24) is 0 Å². The van der Waals surface area contributed by atoms with E-state index in [4.69, 9.17) is 18.9 Å². The molecule has 270 valence electrons. The second-order valence-corrected chi connectivity index (χ2v) is 14.9. The van der Waals surface area contributed by atoms with E-state index in [1.54, 1.807) is 0 Å². The van der Waals surface area contributed by atoms with Gasteiger partial charge in [0.2, 0.25) is 0 Å². The SMILES string of the molecule is CC(C)CCCCCOC(=O)CS.CC(C)CCCCCOC(=O)CS.CCCCOC(=O)C[CH2][Sn].CCCCOC(=O)C[CH2][Sn]. The maximum atomic E-state index is 10.7. The van der Waals surface area contributed by atoms with Crippen LogP contribution in [0.2, 0.25) is 8.87 Å². The van der Waals surface area contributed by atoms with Crippen molar-refractivity contribution in [3.05, 3.63) is 0 Å². The van der Waals surface area contributed by atoms with Gasteiger partial charge in [-0.25, -0.2) is 0 Å². The summed E-state index contributed by atoms with van der Waals surface area (Å²) >= 11 is 10.4. The van der Waals surface area contributed by atoms with Gasteiger partial charge in [-0.2, -0.15) is 25.3 Å². The third-order valence-corrected chi connectivity index (χ3v) is 7.76. The third kappa shape index (κ3) is 56.5. The number of esters is 4. The van der Waals surface area contributed by atoms with Gasteiger partial charge in [0.05, 0.1) is 24.7 Å². The van der Waals surface area contributed by atoms with Crippen molar-refractivity contribution >= 4 is 94.2 Å². The quantitative estimate of drug-likeness (QED) is 0.0331. The molecule has 0 N–H and O–H groups in total. The van der Waals surface area contributed by atoms with Gasteiger partial charge in [-0.15, -0.1) is 0 Å². The van der Waals surface area contributed by atoms with Crippen LogP contribution in [0.3, 0.4) is 0 Å². The van der Waals surface area contributed by atoms with Gasteiger partial charge in [0.15, 0.2) is 0 Å². The zero-order valence-corrected chi connectivity index (χ0v) is 37.4. The Morgan fingerprint density at radius 1 is 0.500 bits per heavy atom. The van der Waals surface area contributed by atoms with Crippen LogP contribution in [-0.2, 0) is 38.1 Å². The minimum atomic E-state index is -0.216. The van der Waals surface area contributed by atoms with Crippen LogP contribution in [0, 0.1) is 11.8 Å². The number of carbonyl (C=O) groups is 4. The monoisotopic (exact) mass is 906 g/mol. The summed E-state index contributed by atoms with van der Waals surface area (Å²) in [6.07, 6.45) is 14.6. The normalized spacial score (nSPS) is 10.0. The van der Waals surface area contributed by atoms with E-state index in [1.165, 1.54) is 70.7 Å². The molecule has 0 aliphatic rings. The number of unbranched alkanes of at least 4 members (excludes halogenated alkanes) is 6. The molecule has 0 fully saturated rings. The number of rotatable bonds is 24. The van der Waals surface area contributed by atoms with E-state index in [0.29, 0.717) is 39.3 Å². The van der Waals surface area contributed by atoms with Gasteiger partial charge in [-0.3, -0.25) is 9.59 Å². The van der Waals surface area contributed by atoms with Gasteiger partial charge >= 0.3 is 162 Å². The topological polar surface area (TPSA) is 105 Å². The Bertz CT molecular complexity index is 628. The Morgan fingerprint density at radius 3 is 1.07 bits per heavy atom. The molecule has 0 aliphatic carbocycles. The second kappa shape index (κ2) is 45.2.